The van der Waals surface area contributed by atoms with E-state index in [1.807, 2.05) is 22.6 Å². The summed E-state index contributed by atoms with van der Waals surface area (Å²) < 4.78 is 96.0. The summed E-state index contributed by atoms with van der Waals surface area (Å²) in [5.41, 5.74) is -0.509. The van der Waals surface area contributed by atoms with Crippen LogP contribution in [-0.4, -0.2) is 24.9 Å². The third kappa shape index (κ3) is 4.84. The van der Waals surface area contributed by atoms with Crippen LogP contribution in [0.3, 0.4) is 0 Å². The monoisotopic (exact) mass is 548 g/mol. The second-order valence-corrected chi connectivity index (χ2v) is 7.85. The average molecular weight is 548 g/mol. The van der Waals surface area contributed by atoms with Crippen LogP contribution in [0.15, 0.2) is 23.1 Å². The Morgan fingerprint density at radius 3 is 2.07 bits per heavy atom. The lowest BCUT2D eigenvalue weighted by atomic mass is 10.2. The molecule has 0 aliphatic heterocycles. The predicted octanol–water partition coefficient (Wildman–Crippen LogP) is 3.63. The van der Waals surface area contributed by atoms with Gasteiger partial charge in [0.25, 0.3) is 0 Å². The van der Waals surface area contributed by atoms with Gasteiger partial charge in [0.05, 0.1) is 0 Å². The molecule has 0 atom stereocenters. The zero-order chi connectivity index (χ0) is 22.1. The summed E-state index contributed by atoms with van der Waals surface area (Å²) in [5.74, 6) is -14.3. The fourth-order valence-corrected chi connectivity index (χ4v) is 3.09. The van der Waals surface area contributed by atoms with Crippen molar-refractivity contribution in [1.82, 2.24) is 0 Å². The third-order valence-electron chi connectivity index (χ3n) is 3.31. The third-order valence-corrected chi connectivity index (χ3v) is 4.86. The first kappa shape index (κ1) is 23.0. The number of carbonyl (C=O) groups is 2. The molecule has 0 heterocycles. The van der Waals surface area contributed by atoms with E-state index < -0.39 is 61.5 Å². The minimum absolute atomic E-state index is 0.0727. The molecule has 2 aromatic carbocycles. The van der Waals surface area contributed by atoms with Gasteiger partial charge in [-0.1, -0.05) is 6.92 Å². The van der Waals surface area contributed by atoms with Gasteiger partial charge in [0.15, 0.2) is 16.5 Å². The molecule has 0 aliphatic rings. The van der Waals surface area contributed by atoms with Crippen LogP contribution >= 0.6 is 22.6 Å². The predicted molar refractivity (Wildman–Crippen MR) is 96.1 cm³/mol. The molecule has 0 saturated heterocycles. The van der Waals surface area contributed by atoms with E-state index >= 15 is 0 Å². The maximum Gasteiger partial charge on any atom is 0.347 e. The molecule has 13 heteroatoms. The molecular weight excluding hydrogens is 539 g/mol. The number of benzene rings is 2. The zero-order valence-corrected chi connectivity index (χ0v) is 17.1. The minimum Gasteiger partial charge on any atom is -0.426 e. The zero-order valence-electron chi connectivity index (χ0n) is 14.1. The molecule has 0 amide bonds. The summed E-state index contributed by atoms with van der Waals surface area (Å²) in [5, 5.41) is 0. The molecule has 7 nitrogen and oxygen atoms in total. The molecular formula is C16H9F4IO7S. The highest BCUT2D eigenvalue weighted by atomic mass is 127. The topological polar surface area (TPSA) is 107 Å². The highest BCUT2D eigenvalue weighted by Crippen LogP contribution is 2.33. The maximum absolute atomic E-state index is 14.0. The molecule has 156 valence electrons. The number of hydrogen-bond acceptors (Lipinski definition) is 6. The Balaban J connectivity index is 2.54. The van der Waals surface area contributed by atoms with Crippen molar-refractivity contribution in [2.24, 2.45) is 0 Å². The number of ether oxygens (including phenoxy) is 2. The van der Waals surface area contributed by atoms with Crippen LogP contribution in [0.5, 0.6) is 11.5 Å². The SMILES string of the molecule is CCC(=O)Oc1cc(I)ccc1C(=O)Oc1c(F)c(F)c(S(=O)(=O)O)c(F)c1F. The van der Waals surface area contributed by atoms with Crippen LogP contribution in [0, 0.1) is 26.8 Å². The van der Waals surface area contributed by atoms with E-state index in [4.69, 9.17) is 9.29 Å². The number of hydrogen-bond donors (Lipinski definition) is 1. The summed E-state index contributed by atoms with van der Waals surface area (Å²) in [6, 6.07) is 3.63. The molecule has 2 rings (SSSR count). The standard InChI is InChI=1S/C16H9F4IO7S/c1-2-9(22)27-8-5-6(21)3-4-7(8)16(23)28-14-10(17)12(19)15(29(24,25)26)13(20)11(14)18/h3-5H,2H2,1H3,(H,24,25,26). The van der Waals surface area contributed by atoms with Crippen LogP contribution < -0.4 is 9.47 Å². The lowest BCUT2D eigenvalue weighted by molar-refractivity contribution is -0.134. The molecule has 0 bridgehead atoms. The molecule has 0 fully saturated rings. The van der Waals surface area contributed by atoms with Gasteiger partial charge in [-0.3, -0.25) is 9.35 Å². The summed E-state index contributed by atoms with van der Waals surface area (Å²) in [6.07, 6.45) is -0.0727. The Bertz CT molecular complexity index is 1090. The molecule has 0 radical (unpaired) electrons. The molecule has 0 aromatic heterocycles. The minimum atomic E-state index is -5.66. The van der Waals surface area contributed by atoms with Gasteiger partial charge in [-0.15, -0.1) is 0 Å². The highest BCUT2D eigenvalue weighted by Gasteiger charge is 2.34. The Kier molecular flexibility index (Phi) is 6.85. The van der Waals surface area contributed by atoms with E-state index in [9.17, 15) is 35.6 Å². The van der Waals surface area contributed by atoms with Crippen molar-refractivity contribution in [2.75, 3.05) is 0 Å². The van der Waals surface area contributed by atoms with E-state index in [1.165, 1.54) is 19.1 Å². The average Bonchev–Trinajstić information content (AvgIpc) is 2.62. The van der Waals surface area contributed by atoms with Crippen molar-refractivity contribution < 1.29 is 49.6 Å². The van der Waals surface area contributed by atoms with Gasteiger partial charge in [-0.25, -0.2) is 13.6 Å². The summed E-state index contributed by atoms with van der Waals surface area (Å²) in [6.45, 7) is 1.46. The van der Waals surface area contributed by atoms with Crippen molar-refractivity contribution in [3.8, 4) is 11.5 Å². The van der Waals surface area contributed by atoms with Gasteiger partial charge >= 0.3 is 22.1 Å². The highest BCUT2D eigenvalue weighted by molar-refractivity contribution is 14.1. The maximum atomic E-state index is 14.0. The fourth-order valence-electron chi connectivity index (χ4n) is 2.00. The van der Waals surface area contributed by atoms with Gasteiger partial charge in [0.2, 0.25) is 17.4 Å². The number of carbonyl (C=O) groups excluding carboxylic acids is 2. The number of halogens is 5. The van der Waals surface area contributed by atoms with Crippen molar-refractivity contribution in [2.45, 2.75) is 18.2 Å². The van der Waals surface area contributed by atoms with Gasteiger partial charge in [0.1, 0.15) is 11.3 Å². The Labute approximate surface area is 174 Å². The second kappa shape index (κ2) is 8.62. The Hall–Kier alpha value is -2.26. The van der Waals surface area contributed by atoms with E-state index in [-0.39, 0.29) is 12.2 Å². The van der Waals surface area contributed by atoms with Crippen molar-refractivity contribution >= 4 is 44.6 Å². The normalized spacial score (nSPS) is 11.3. The van der Waals surface area contributed by atoms with Crippen molar-refractivity contribution in [1.29, 1.82) is 0 Å². The molecule has 0 saturated carbocycles. The molecule has 0 aliphatic carbocycles. The largest absolute Gasteiger partial charge is 0.426 e. The van der Waals surface area contributed by atoms with Crippen LogP contribution in [0.4, 0.5) is 17.6 Å². The number of esters is 2. The summed E-state index contributed by atoms with van der Waals surface area (Å²) in [4.78, 5) is 21.5. The van der Waals surface area contributed by atoms with Crippen LogP contribution in [0.25, 0.3) is 0 Å². The molecule has 0 spiro atoms. The fraction of sp³-hybridized carbons (Fsp3) is 0.125. The van der Waals surface area contributed by atoms with Crippen LogP contribution in [-0.2, 0) is 14.9 Å². The second-order valence-electron chi connectivity index (χ2n) is 5.25. The van der Waals surface area contributed by atoms with Gasteiger partial charge in [-0.05, 0) is 40.8 Å². The van der Waals surface area contributed by atoms with Gasteiger partial charge < -0.3 is 9.47 Å². The number of rotatable bonds is 5. The Morgan fingerprint density at radius 1 is 1.03 bits per heavy atom. The lowest BCUT2D eigenvalue weighted by Gasteiger charge is -2.12. The van der Waals surface area contributed by atoms with Gasteiger partial charge in [0, 0.05) is 9.99 Å². The first-order chi connectivity index (χ1) is 13.4. The van der Waals surface area contributed by atoms with Crippen molar-refractivity contribution in [3.05, 3.63) is 50.6 Å². The van der Waals surface area contributed by atoms with Gasteiger partial charge in [-0.2, -0.15) is 17.2 Å². The molecule has 0 unspecified atom stereocenters. The summed E-state index contributed by atoms with van der Waals surface area (Å²) >= 11 is 1.82. The van der Waals surface area contributed by atoms with E-state index in [2.05, 4.69) is 4.74 Å². The Morgan fingerprint density at radius 2 is 1.59 bits per heavy atom. The summed E-state index contributed by atoms with van der Waals surface area (Å²) in [7, 11) is -5.66. The quantitative estimate of drug-likeness (QED) is 0.152. The first-order valence-electron chi connectivity index (χ1n) is 7.44. The first-order valence-corrected chi connectivity index (χ1v) is 9.96. The smallest absolute Gasteiger partial charge is 0.347 e. The van der Waals surface area contributed by atoms with E-state index in [0.717, 1.165) is 6.07 Å². The lowest BCUT2D eigenvalue weighted by Crippen LogP contribution is -2.17. The van der Waals surface area contributed by atoms with Crippen LogP contribution in [0.2, 0.25) is 0 Å². The van der Waals surface area contributed by atoms with Crippen LogP contribution in [0.1, 0.15) is 23.7 Å². The molecule has 29 heavy (non-hydrogen) atoms. The van der Waals surface area contributed by atoms with E-state index in [1.54, 1.807) is 0 Å². The van der Waals surface area contributed by atoms with Crippen molar-refractivity contribution in [3.63, 3.8) is 0 Å². The van der Waals surface area contributed by atoms with E-state index in [0.29, 0.717) is 3.57 Å². The molecule has 2 aromatic rings. The molecule has 1 N–H and O–H groups in total.